The monoisotopic (exact) mass is 1250 g/mol. The molecule has 6 aliphatic heterocycles. The zero-order chi connectivity index (χ0) is 54.7. The molecule has 78 heavy (non-hydrogen) atoms. The summed E-state index contributed by atoms with van der Waals surface area (Å²) < 4.78 is 111. The molecule has 12 atom stereocenters. The molecule has 0 aliphatic carbocycles. The second kappa shape index (κ2) is 21.5. The summed E-state index contributed by atoms with van der Waals surface area (Å²) in [6.07, 6.45) is -4.34. The van der Waals surface area contributed by atoms with Crippen LogP contribution in [-0.2, 0) is 64.7 Å². The minimum atomic E-state index is -3.98. The fraction of sp³-hybridized carbons (Fsp3) is 0.478. The zero-order valence-electron chi connectivity index (χ0n) is 41.8. The summed E-state index contributed by atoms with van der Waals surface area (Å²) in [6, 6.07) is 15.0. The average Bonchev–Trinajstić information content (AvgIpc) is 4.36. The van der Waals surface area contributed by atoms with Gasteiger partial charge in [-0.2, -0.15) is 19.9 Å². The number of carbonyl (C=O) groups excluding carboxylic acids is 2. The molecular formula is C46H50Br2N10O18P2. The lowest BCUT2D eigenvalue weighted by atomic mass is 9.96. The molecule has 6 aliphatic rings. The normalized spacial score (nSPS) is 32.1. The maximum Gasteiger partial charge on any atom is 0.509 e. The molecule has 12 rings (SSSR count). The summed E-state index contributed by atoms with van der Waals surface area (Å²) >= 11 is 7.00. The predicted molar refractivity (Wildman–Crippen MR) is 273 cm³/mol. The van der Waals surface area contributed by atoms with Crippen LogP contribution in [0.1, 0.15) is 76.3 Å². The van der Waals surface area contributed by atoms with E-state index in [0.29, 0.717) is 48.4 Å². The summed E-state index contributed by atoms with van der Waals surface area (Å²) in [5.74, 6) is 0.358. The van der Waals surface area contributed by atoms with Crippen LogP contribution in [0.25, 0.3) is 22.3 Å². The number of anilines is 2. The number of ether oxygens (including phenoxy) is 8. The molecule has 0 bridgehead atoms. The first-order chi connectivity index (χ1) is 37.4. The van der Waals surface area contributed by atoms with Gasteiger partial charge in [-0.25, -0.2) is 28.7 Å². The van der Waals surface area contributed by atoms with E-state index in [1.54, 1.807) is 36.8 Å². The number of fused-ring (bicyclic) bond motifs is 4. The molecule has 6 fully saturated rings. The van der Waals surface area contributed by atoms with Crippen LogP contribution in [0.4, 0.5) is 21.5 Å². The van der Waals surface area contributed by atoms with Crippen molar-refractivity contribution < 1.29 is 83.8 Å². The molecule has 2 aromatic carbocycles. The second-order valence-corrected chi connectivity index (χ2v) is 23.4. The largest absolute Gasteiger partial charge is 0.509 e. The highest BCUT2D eigenvalue weighted by atomic mass is 79.9. The number of aromatic nitrogens is 8. The molecule has 0 amide bonds. The van der Waals surface area contributed by atoms with E-state index in [9.17, 15) is 18.7 Å². The Bertz CT molecular complexity index is 3160. The van der Waals surface area contributed by atoms with Crippen molar-refractivity contribution in [3.8, 4) is 11.8 Å². The van der Waals surface area contributed by atoms with Gasteiger partial charge in [-0.1, -0.05) is 68.3 Å². The first-order valence-electron chi connectivity index (χ1n) is 24.4. The van der Waals surface area contributed by atoms with E-state index in [0.717, 1.165) is 20.1 Å². The molecule has 0 unspecified atom stereocenters. The molecule has 0 saturated carbocycles. The Morgan fingerprint density at radius 1 is 0.654 bits per heavy atom. The van der Waals surface area contributed by atoms with Crippen LogP contribution in [0.2, 0.25) is 0 Å². The van der Waals surface area contributed by atoms with Gasteiger partial charge in [-0.3, -0.25) is 36.3 Å². The molecule has 28 nitrogen and oxygen atoms in total. The smallest absolute Gasteiger partial charge is 0.476 e. The van der Waals surface area contributed by atoms with Crippen molar-refractivity contribution in [1.82, 2.24) is 39.0 Å². The Kier molecular flexibility index (Phi) is 14.9. The second-order valence-electron chi connectivity index (χ2n) is 18.5. The van der Waals surface area contributed by atoms with Gasteiger partial charge in [0.25, 0.3) is 0 Å². The molecule has 10 heterocycles. The number of carbonyl (C=O) groups is 2. The Hall–Kier alpha value is -5.62. The predicted octanol–water partition coefficient (Wildman–Crippen LogP) is 8.13. The van der Waals surface area contributed by atoms with Crippen molar-refractivity contribution in [2.45, 2.75) is 101 Å². The lowest BCUT2D eigenvalue weighted by Gasteiger charge is -2.30. The topological polar surface area (TPSA) is 337 Å². The molecule has 0 spiro atoms. The zero-order valence-corrected chi connectivity index (χ0v) is 46.7. The van der Waals surface area contributed by atoms with Crippen LogP contribution in [0.5, 0.6) is 11.8 Å². The maximum absolute atomic E-state index is 13.4. The Morgan fingerprint density at radius 2 is 1.06 bits per heavy atom. The molecule has 6 saturated heterocycles. The molecule has 4 N–H and O–H groups in total. The summed E-state index contributed by atoms with van der Waals surface area (Å²) in [5.41, 5.74) is 12.2. The van der Waals surface area contributed by atoms with Gasteiger partial charge in [-0.05, 0) is 51.0 Å². The summed E-state index contributed by atoms with van der Waals surface area (Å²) in [5, 5.41) is 0. The van der Waals surface area contributed by atoms with E-state index >= 15 is 0 Å². The minimum absolute atomic E-state index is 0.0313. The van der Waals surface area contributed by atoms with E-state index in [1.807, 2.05) is 48.5 Å². The van der Waals surface area contributed by atoms with Crippen molar-refractivity contribution in [3.05, 3.63) is 81.3 Å². The molecular weight excluding hydrogens is 1200 g/mol. The first kappa shape index (κ1) is 54.3. The van der Waals surface area contributed by atoms with Gasteiger partial charge in [0, 0.05) is 21.8 Å². The van der Waals surface area contributed by atoms with Crippen molar-refractivity contribution in [1.29, 1.82) is 0 Å². The minimum Gasteiger partial charge on any atom is -0.476 e. The third-order valence-electron chi connectivity index (χ3n) is 13.4. The van der Waals surface area contributed by atoms with Gasteiger partial charge in [0.15, 0.2) is 58.2 Å². The first-order valence-corrected chi connectivity index (χ1v) is 28.9. The van der Waals surface area contributed by atoms with Crippen molar-refractivity contribution in [2.75, 3.05) is 51.1 Å². The lowest BCUT2D eigenvalue weighted by Crippen LogP contribution is -2.42. The van der Waals surface area contributed by atoms with E-state index in [4.69, 9.17) is 76.5 Å². The highest BCUT2D eigenvalue weighted by Gasteiger charge is 2.66. The molecule has 0 radical (unpaired) electrons. The highest BCUT2D eigenvalue weighted by molar-refractivity contribution is 9.10. The average molecular weight is 1250 g/mol. The summed E-state index contributed by atoms with van der Waals surface area (Å²) in [6.45, 7) is 7.39. The molecule has 416 valence electrons. The number of phosphoric ester groups is 2. The molecule has 6 aromatic rings. The number of hydrogen-bond acceptors (Lipinski definition) is 26. The fourth-order valence-electron chi connectivity index (χ4n) is 9.93. The molecule has 4 aromatic heterocycles. The van der Waals surface area contributed by atoms with Crippen LogP contribution in [-0.4, -0.2) is 127 Å². The third-order valence-corrected chi connectivity index (χ3v) is 17.8. The van der Waals surface area contributed by atoms with Crippen molar-refractivity contribution in [3.63, 3.8) is 0 Å². The quantitative estimate of drug-likeness (QED) is 0.0767. The molecule has 32 heteroatoms. The van der Waals surface area contributed by atoms with Crippen LogP contribution >= 0.6 is 47.5 Å². The van der Waals surface area contributed by atoms with Gasteiger partial charge in [0.2, 0.25) is 23.7 Å². The number of phosphoric acid groups is 2. The highest BCUT2D eigenvalue weighted by Crippen LogP contribution is 2.60. The Morgan fingerprint density at radius 3 is 1.46 bits per heavy atom. The third kappa shape index (κ3) is 10.2. The maximum atomic E-state index is 13.4. The van der Waals surface area contributed by atoms with E-state index in [-0.39, 0.29) is 50.1 Å². The van der Waals surface area contributed by atoms with Crippen molar-refractivity contribution in [2.24, 2.45) is 0 Å². The van der Waals surface area contributed by atoms with Gasteiger partial charge in [0.05, 0.1) is 64.5 Å². The van der Waals surface area contributed by atoms with Gasteiger partial charge < -0.3 is 49.4 Å². The van der Waals surface area contributed by atoms with E-state index < -0.39 is 88.2 Å². The Labute approximate surface area is 459 Å². The number of halogens is 2. The van der Waals surface area contributed by atoms with Crippen LogP contribution in [0.15, 0.2) is 70.1 Å². The van der Waals surface area contributed by atoms with Gasteiger partial charge >= 0.3 is 28.0 Å². The number of nitrogen functional groups attached to an aromatic ring is 2. The number of imidazole rings is 2. The van der Waals surface area contributed by atoms with Crippen LogP contribution < -0.4 is 20.9 Å². The van der Waals surface area contributed by atoms with Crippen molar-refractivity contribution >= 4 is 94.0 Å². The van der Waals surface area contributed by atoms with E-state index in [1.165, 1.54) is 12.7 Å². The van der Waals surface area contributed by atoms with E-state index in [2.05, 4.69) is 61.8 Å². The number of rotatable bonds is 14. The van der Waals surface area contributed by atoms with Gasteiger partial charge in [-0.15, -0.1) is 0 Å². The lowest BCUT2D eigenvalue weighted by molar-refractivity contribution is -0.0927. The van der Waals surface area contributed by atoms with Crippen LogP contribution in [0, 0.1) is 0 Å². The number of hydrogen-bond donors (Lipinski definition) is 2. The van der Waals surface area contributed by atoms with Crippen LogP contribution in [0.3, 0.4) is 0 Å². The number of benzene rings is 2. The number of nitrogens with two attached hydrogens (primary N) is 2. The summed E-state index contributed by atoms with van der Waals surface area (Å²) in [7, 11) is -7.95. The SMILES string of the molecule is CCOc1nc(N)nc2c1ncn2[C@@H]1O[C@H](CO[P@@]2(=O)OCC[C@@H](c3ccccc3Br)O2)[C@H]2OC(=O)O[C@]21C.CCOc1nc(N)nc2c1ncn2[C@@H]1O[C@H](CO[P@]2(=O)OCC[C@H](c3ccccc3Br)O2)[C@H]2OC(=O)O[C@]21C. The Balaban J connectivity index is 0.000000165. The van der Waals surface area contributed by atoms with Gasteiger partial charge in [0.1, 0.15) is 12.2 Å². The summed E-state index contributed by atoms with van der Waals surface area (Å²) in [4.78, 5) is 50.0. The standard InChI is InChI=1S/2C23H25BrN5O9P/c2*1-3-32-19-16-18(27-21(25)28-19)29(11-26-16)20-23(2)17(36-22(30)37-23)15(35-20)10-34-39(31)33-9-8-14(38-39)12-6-4-5-7-13(12)24/h2*4-7,11,14-15,17,20H,3,8-10H2,1-2H3,(H2,25,27,28)/t14-,15+,17+,20+,23+,39+;14-,15-,17-,20-,23-,39+/m01/s1. The fourth-order valence-corrected chi connectivity index (χ4v) is 13.8. The number of nitrogens with zero attached hydrogens (tertiary/aromatic N) is 8.